The number of amides is 1. The third kappa shape index (κ3) is 4.04. The monoisotopic (exact) mass is 311 g/mol. The van der Waals surface area contributed by atoms with Crippen molar-refractivity contribution in [2.24, 2.45) is 5.92 Å². The number of hydrogen-bond acceptors (Lipinski definition) is 2. The van der Waals surface area contributed by atoms with E-state index >= 15 is 0 Å². The van der Waals surface area contributed by atoms with E-state index in [9.17, 15) is 14.0 Å². The number of aliphatic carboxylic acids is 1. The van der Waals surface area contributed by atoms with E-state index < -0.39 is 17.7 Å². The van der Waals surface area contributed by atoms with Crippen molar-refractivity contribution in [3.8, 4) is 0 Å². The summed E-state index contributed by atoms with van der Waals surface area (Å²) in [6.07, 6.45) is 4.14. The molecule has 4 nitrogen and oxygen atoms in total. The van der Waals surface area contributed by atoms with Crippen LogP contribution in [0, 0.1) is 11.7 Å². The Balaban J connectivity index is 1.93. The van der Waals surface area contributed by atoms with Crippen LogP contribution < -0.4 is 5.32 Å². The molecular formula is C15H15ClFNO3. The van der Waals surface area contributed by atoms with E-state index in [1.165, 1.54) is 30.4 Å². The number of carboxylic acids is 1. The van der Waals surface area contributed by atoms with Crippen LogP contribution in [0.4, 0.5) is 4.39 Å². The number of rotatable bonds is 4. The molecule has 0 bridgehead atoms. The van der Waals surface area contributed by atoms with Gasteiger partial charge in [-0.2, -0.15) is 0 Å². The molecule has 2 atom stereocenters. The van der Waals surface area contributed by atoms with Gasteiger partial charge in [0.1, 0.15) is 5.82 Å². The second-order valence-corrected chi connectivity index (χ2v) is 5.43. The molecule has 1 fully saturated rings. The van der Waals surface area contributed by atoms with Crippen LogP contribution in [-0.4, -0.2) is 23.0 Å². The van der Waals surface area contributed by atoms with E-state index in [1.54, 1.807) is 0 Å². The molecule has 1 amide bonds. The van der Waals surface area contributed by atoms with Gasteiger partial charge in [-0.15, -0.1) is 0 Å². The summed E-state index contributed by atoms with van der Waals surface area (Å²) in [6, 6.07) is 4.13. The number of carbonyl (C=O) groups excluding carboxylic acids is 1. The van der Waals surface area contributed by atoms with E-state index in [1.807, 2.05) is 0 Å². The lowest BCUT2D eigenvalue weighted by atomic mass is 10.1. The number of hydrogen-bond donors (Lipinski definition) is 2. The molecule has 1 aromatic carbocycles. The number of benzene rings is 1. The van der Waals surface area contributed by atoms with Crippen LogP contribution >= 0.6 is 11.6 Å². The molecule has 1 aliphatic rings. The van der Waals surface area contributed by atoms with Gasteiger partial charge in [-0.1, -0.05) is 17.7 Å². The van der Waals surface area contributed by atoms with Crippen molar-refractivity contribution in [3.05, 3.63) is 40.7 Å². The molecule has 0 aromatic heterocycles. The second-order valence-electron chi connectivity index (χ2n) is 5.02. The van der Waals surface area contributed by atoms with Crippen LogP contribution in [0.3, 0.4) is 0 Å². The summed E-state index contributed by atoms with van der Waals surface area (Å²) < 4.78 is 13.5. The predicted octanol–water partition coefficient (Wildman–Crippen LogP) is 2.86. The van der Waals surface area contributed by atoms with Crippen LogP contribution in [0.5, 0.6) is 0 Å². The Bertz CT molecular complexity index is 568. The minimum atomic E-state index is -0.833. The molecule has 1 aliphatic carbocycles. The van der Waals surface area contributed by atoms with E-state index in [2.05, 4.69) is 5.32 Å². The first kappa shape index (κ1) is 15.5. The summed E-state index contributed by atoms with van der Waals surface area (Å²) >= 11 is 5.85. The van der Waals surface area contributed by atoms with Crippen LogP contribution in [0.25, 0.3) is 6.08 Å². The van der Waals surface area contributed by atoms with Crippen molar-refractivity contribution in [3.63, 3.8) is 0 Å². The number of carboxylic acid groups (broad SMARTS) is 1. The Morgan fingerprint density at radius 3 is 2.76 bits per heavy atom. The lowest BCUT2D eigenvalue weighted by Gasteiger charge is -2.10. The van der Waals surface area contributed by atoms with E-state index in [0.717, 1.165) is 0 Å². The number of carbonyl (C=O) groups is 2. The van der Waals surface area contributed by atoms with E-state index in [0.29, 0.717) is 19.3 Å². The average molecular weight is 312 g/mol. The maximum absolute atomic E-state index is 13.5. The number of nitrogens with one attached hydrogen (secondary N) is 1. The van der Waals surface area contributed by atoms with Gasteiger partial charge in [-0.3, -0.25) is 9.59 Å². The van der Waals surface area contributed by atoms with E-state index in [4.69, 9.17) is 16.7 Å². The third-order valence-electron chi connectivity index (χ3n) is 3.53. The molecule has 6 heteroatoms. The van der Waals surface area contributed by atoms with Gasteiger partial charge in [-0.05, 0) is 37.5 Å². The first-order chi connectivity index (χ1) is 9.97. The lowest BCUT2D eigenvalue weighted by Crippen LogP contribution is -2.31. The van der Waals surface area contributed by atoms with Gasteiger partial charge in [-0.25, -0.2) is 4.39 Å². The quantitative estimate of drug-likeness (QED) is 0.840. The maximum Gasteiger partial charge on any atom is 0.306 e. The SMILES string of the molecule is O=C(C=Cc1c(F)cccc1Cl)NC1CCC(C(=O)O)C1. The van der Waals surface area contributed by atoms with Crippen LogP contribution in [0.1, 0.15) is 24.8 Å². The fraction of sp³-hybridized carbons (Fsp3) is 0.333. The molecule has 0 spiro atoms. The molecule has 2 N–H and O–H groups in total. The standard InChI is InChI=1S/C15H15ClFNO3/c16-12-2-1-3-13(17)11(12)6-7-14(19)18-10-5-4-9(8-10)15(20)21/h1-3,6-7,9-10H,4-5,8H2,(H,18,19)(H,20,21). The molecular weight excluding hydrogens is 297 g/mol. The van der Waals surface area contributed by atoms with Crippen molar-refractivity contribution < 1.29 is 19.1 Å². The molecule has 0 heterocycles. The first-order valence-corrected chi connectivity index (χ1v) is 7.00. The maximum atomic E-state index is 13.5. The van der Waals surface area contributed by atoms with Gasteiger partial charge >= 0.3 is 5.97 Å². The Morgan fingerprint density at radius 2 is 2.14 bits per heavy atom. The van der Waals surface area contributed by atoms with Crippen molar-refractivity contribution in [2.45, 2.75) is 25.3 Å². The minimum Gasteiger partial charge on any atom is -0.481 e. The molecule has 0 aliphatic heterocycles. The molecule has 2 unspecified atom stereocenters. The van der Waals surface area contributed by atoms with Crippen LogP contribution in [-0.2, 0) is 9.59 Å². The zero-order valence-electron chi connectivity index (χ0n) is 11.2. The summed E-state index contributed by atoms with van der Waals surface area (Å²) in [5, 5.41) is 11.8. The van der Waals surface area contributed by atoms with Crippen molar-refractivity contribution >= 4 is 29.6 Å². The summed E-state index contributed by atoms with van der Waals surface area (Å²) in [7, 11) is 0. The smallest absolute Gasteiger partial charge is 0.306 e. The summed E-state index contributed by atoms with van der Waals surface area (Å²) in [6.45, 7) is 0. The summed E-state index contributed by atoms with van der Waals surface area (Å²) in [5.41, 5.74) is 0.157. The first-order valence-electron chi connectivity index (χ1n) is 6.62. The normalized spacial score (nSPS) is 21.6. The Labute approximate surface area is 126 Å². The zero-order valence-corrected chi connectivity index (χ0v) is 11.9. The van der Waals surface area contributed by atoms with E-state index in [-0.39, 0.29) is 22.5 Å². The summed E-state index contributed by atoms with van der Waals surface area (Å²) in [4.78, 5) is 22.6. The zero-order chi connectivity index (χ0) is 15.4. The number of halogens is 2. The minimum absolute atomic E-state index is 0.153. The van der Waals surface area contributed by atoms with Crippen LogP contribution in [0.15, 0.2) is 24.3 Å². The molecule has 112 valence electrons. The lowest BCUT2D eigenvalue weighted by molar-refractivity contribution is -0.141. The van der Waals surface area contributed by atoms with Crippen molar-refractivity contribution in [1.29, 1.82) is 0 Å². The van der Waals surface area contributed by atoms with Gasteiger partial charge in [0.25, 0.3) is 0 Å². The van der Waals surface area contributed by atoms with Crippen molar-refractivity contribution in [2.75, 3.05) is 0 Å². The van der Waals surface area contributed by atoms with Gasteiger partial charge in [0.05, 0.1) is 10.9 Å². The third-order valence-corrected chi connectivity index (χ3v) is 3.86. The summed E-state index contributed by atoms with van der Waals surface area (Å²) in [5.74, 6) is -2.12. The van der Waals surface area contributed by atoms with Crippen LogP contribution in [0.2, 0.25) is 5.02 Å². The fourth-order valence-electron chi connectivity index (χ4n) is 2.42. The highest BCUT2D eigenvalue weighted by Gasteiger charge is 2.30. The Morgan fingerprint density at radius 1 is 1.38 bits per heavy atom. The molecule has 21 heavy (non-hydrogen) atoms. The predicted molar refractivity (Wildman–Crippen MR) is 77.4 cm³/mol. The molecule has 0 saturated heterocycles. The highest BCUT2D eigenvalue weighted by atomic mass is 35.5. The van der Waals surface area contributed by atoms with Gasteiger partial charge < -0.3 is 10.4 Å². The van der Waals surface area contributed by atoms with Gasteiger partial charge in [0, 0.05) is 17.7 Å². The molecule has 1 aromatic rings. The molecule has 2 rings (SSSR count). The average Bonchev–Trinajstić information content (AvgIpc) is 2.87. The van der Waals surface area contributed by atoms with Crippen molar-refractivity contribution in [1.82, 2.24) is 5.32 Å². The molecule has 1 saturated carbocycles. The largest absolute Gasteiger partial charge is 0.481 e. The second kappa shape index (κ2) is 6.72. The Hall–Kier alpha value is -1.88. The Kier molecular flexibility index (Phi) is 4.96. The highest BCUT2D eigenvalue weighted by molar-refractivity contribution is 6.32. The molecule has 0 radical (unpaired) electrons. The highest BCUT2D eigenvalue weighted by Crippen LogP contribution is 2.25. The fourth-order valence-corrected chi connectivity index (χ4v) is 2.64. The topological polar surface area (TPSA) is 66.4 Å². The van der Waals surface area contributed by atoms with Gasteiger partial charge in [0.15, 0.2) is 0 Å². The van der Waals surface area contributed by atoms with Gasteiger partial charge in [0.2, 0.25) is 5.91 Å².